The number of benzene rings is 3. The van der Waals surface area contributed by atoms with E-state index in [-0.39, 0.29) is 19.2 Å². The van der Waals surface area contributed by atoms with Crippen LogP contribution in [-0.4, -0.2) is 63.1 Å². The second-order valence-electron chi connectivity index (χ2n) is 9.32. The van der Waals surface area contributed by atoms with Crippen LogP contribution in [0.4, 0.5) is 5.69 Å². The lowest BCUT2D eigenvalue weighted by molar-refractivity contribution is -0.143. The number of nitrogens with one attached hydrogen (secondary N) is 1. The van der Waals surface area contributed by atoms with Gasteiger partial charge in [0.05, 0.1) is 33.8 Å². The molecular formula is C29H30N2O8. The molecule has 1 saturated heterocycles. The van der Waals surface area contributed by atoms with Crippen LogP contribution in [0.3, 0.4) is 0 Å². The van der Waals surface area contributed by atoms with Crippen LogP contribution in [0.1, 0.15) is 23.1 Å². The fourth-order valence-electron chi connectivity index (χ4n) is 5.41. The Morgan fingerprint density at radius 2 is 1.59 bits per heavy atom. The molecule has 2 aliphatic rings. The van der Waals surface area contributed by atoms with E-state index in [9.17, 15) is 14.7 Å². The molecule has 5 rings (SSSR count). The fraction of sp³-hybridized carbons (Fsp3) is 0.310. The molecule has 0 spiro atoms. The summed E-state index contributed by atoms with van der Waals surface area (Å²) in [5.74, 6) is 0.262. The number of nitrogens with zero attached hydrogens (tertiary/aromatic N) is 1. The quantitative estimate of drug-likeness (QED) is 0.421. The topological polar surface area (TPSA) is 116 Å². The molecular weight excluding hydrogens is 504 g/mol. The lowest BCUT2D eigenvalue weighted by Gasteiger charge is -2.27. The van der Waals surface area contributed by atoms with Crippen molar-refractivity contribution in [3.05, 3.63) is 71.8 Å². The molecule has 0 radical (unpaired) electrons. The summed E-state index contributed by atoms with van der Waals surface area (Å²) in [5, 5.41) is 13.3. The predicted octanol–water partition coefficient (Wildman–Crippen LogP) is 3.92. The highest BCUT2D eigenvalue weighted by Crippen LogP contribution is 2.48. The number of likely N-dealkylation sites (tertiary alicyclic amines) is 1. The second-order valence-corrected chi connectivity index (χ2v) is 9.32. The van der Waals surface area contributed by atoms with Gasteiger partial charge in [-0.2, -0.15) is 0 Å². The zero-order valence-corrected chi connectivity index (χ0v) is 21.9. The van der Waals surface area contributed by atoms with E-state index in [1.165, 1.54) is 14.2 Å². The molecule has 204 valence electrons. The number of carboxylic acids is 1. The number of rotatable bonds is 9. The van der Waals surface area contributed by atoms with Crippen molar-refractivity contribution in [3.8, 4) is 28.7 Å². The van der Waals surface area contributed by atoms with Gasteiger partial charge in [0.2, 0.25) is 12.7 Å². The Bertz CT molecular complexity index is 1340. The Balaban J connectivity index is 1.49. The van der Waals surface area contributed by atoms with E-state index in [2.05, 4.69) is 5.32 Å². The number of anilines is 1. The third kappa shape index (κ3) is 5.15. The smallest absolute Gasteiger partial charge is 0.309 e. The van der Waals surface area contributed by atoms with E-state index in [1.807, 2.05) is 29.2 Å². The number of methoxy groups -OCH3 is 3. The summed E-state index contributed by atoms with van der Waals surface area (Å²) in [4.78, 5) is 28.1. The molecule has 1 amide bonds. The van der Waals surface area contributed by atoms with Gasteiger partial charge in [0.15, 0.2) is 11.5 Å². The summed E-state index contributed by atoms with van der Waals surface area (Å²) >= 11 is 0. The Morgan fingerprint density at radius 3 is 2.23 bits per heavy atom. The number of carbonyl (C=O) groups is 2. The molecule has 39 heavy (non-hydrogen) atoms. The van der Waals surface area contributed by atoms with Crippen LogP contribution in [0.5, 0.6) is 28.7 Å². The SMILES string of the molecule is COc1ccc([C@@H]2[C@@H](C(=O)O)C(c3ccc4c(c3)OCO4)CN2CC(=O)Nc2c(OC)cccc2OC)cc1. The average Bonchev–Trinajstić information content (AvgIpc) is 3.57. The number of aliphatic carboxylic acids is 1. The Labute approximate surface area is 226 Å². The van der Waals surface area contributed by atoms with Gasteiger partial charge in [0, 0.05) is 18.5 Å². The molecule has 1 unspecified atom stereocenters. The van der Waals surface area contributed by atoms with Crippen molar-refractivity contribution in [1.82, 2.24) is 4.90 Å². The number of carboxylic acid groups (broad SMARTS) is 1. The summed E-state index contributed by atoms with van der Waals surface area (Å²) in [5.41, 5.74) is 1.99. The Kier molecular flexibility index (Phi) is 7.47. The molecule has 0 aliphatic carbocycles. The van der Waals surface area contributed by atoms with E-state index in [1.54, 1.807) is 43.5 Å². The predicted molar refractivity (Wildman–Crippen MR) is 142 cm³/mol. The van der Waals surface area contributed by atoms with Crippen LogP contribution >= 0.6 is 0 Å². The van der Waals surface area contributed by atoms with Crippen LogP contribution in [0.15, 0.2) is 60.7 Å². The first-order valence-electron chi connectivity index (χ1n) is 12.4. The summed E-state index contributed by atoms with van der Waals surface area (Å²) in [6.45, 7) is 0.408. The minimum Gasteiger partial charge on any atom is -0.497 e. The second kappa shape index (κ2) is 11.1. The van der Waals surface area contributed by atoms with Gasteiger partial charge in [0.25, 0.3) is 0 Å². The third-order valence-electron chi connectivity index (χ3n) is 7.20. The third-order valence-corrected chi connectivity index (χ3v) is 7.20. The van der Waals surface area contributed by atoms with Gasteiger partial charge in [0.1, 0.15) is 22.9 Å². The number of carbonyl (C=O) groups excluding carboxylic acids is 1. The molecule has 2 heterocycles. The highest BCUT2D eigenvalue weighted by Gasteiger charge is 2.48. The van der Waals surface area contributed by atoms with Crippen molar-refractivity contribution in [2.24, 2.45) is 5.92 Å². The largest absolute Gasteiger partial charge is 0.497 e. The van der Waals surface area contributed by atoms with E-state index in [0.717, 1.165) is 11.1 Å². The van der Waals surface area contributed by atoms with Crippen molar-refractivity contribution in [2.45, 2.75) is 12.0 Å². The van der Waals surface area contributed by atoms with Gasteiger partial charge in [-0.25, -0.2) is 0 Å². The van der Waals surface area contributed by atoms with Crippen molar-refractivity contribution in [2.75, 3.05) is 46.5 Å². The zero-order valence-electron chi connectivity index (χ0n) is 21.9. The number of hydrogen-bond acceptors (Lipinski definition) is 8. The van der Waals surface area contributed by atoms with Crippen molar-refractivity contribution in [1.29, 1.82) is 0 Å². The van der Waals surface area contributed by atoms with Gasteiger partial charge in [-0.1, -0.05) is 24.3 Å². The maximum absolute atomic E-state index is 13.4. The Morgan fingerprint density at radius 1 is 0.923 bits per heavy atom. The van der Waals surface area contributed by atoms with E-state index < -0.39 is 23.8 Å². The summed E-state index contributed by atoms with van der Waals surface area (Å²) in [6, 6.07) is 17.4. The molecule has 10 heteroatoms. The number of para-hydroxylation sites is 1. The molecule has 0 saturated carbocycles. The van der Waals surface area contributed by atoms with E-state index in [4.69, 9.17) is 23.7 Å². The highest BCUT2D eigenvalue weighted by molar-refractivity contribution is 5.95. The monoisotopic (exact) mass is 534 g/mol. The lowest BCUT2D eigenvalue weighted by Crippen LogP contribution is -2.35. The van der Waals surface area contributed by atoms with Crippen molar-refractivity contribution in [3.63, 3.8) is 0 Å². The van der Waals surface area contributed by atoms with Gasteiger partial charge in [-0.3, -0.25) is 14.5 Å². The van der Waals surface area contributed by atoms with Gasteiger partial charge >= 0.3 is 5.97 Å². The summed E-state index contributed by atoms with van der Waals surface area (Å²) in [6.07, 6.45) is 0. The van der Waals surface area contributed by atoms with Crippen LogP contribution in [0.2, 0.25) is 0 Å². The first-order valence-corrected chi connectivity index (χ1v) is 12.4. The molecule has 3 aromatic carbocycles. The van der Waals surface area contributed by atoms with E-state index in [0.29, 0.717) is 41.0 Å². The van der Waals surface area contributed by atoms with Crippen LogP contribution < -0.4 is 29.0 Å². The number of ether oxygens (including phenoxy) is 5. The standard InChI is InChI=1S/C29H30N2O8/c1-35-19-10-7-17(8-11-19)28-26(29(33)34)20(18-9-12-21-24(13-18)39-16-38-21)14-31(28)15-25(32)30-27-22(36-2)5-4-6-23(27)37-3/h4-13,20,26,28H,14-16H2,1-3H3,(H,30,32)(H,33,34)/t20?,26-,28+/m0/s1. The molecule has 2 N–H and O–H groups in total. The summed E-state index contributed by atoms with van der Waals surface area (Å²) in [7, 11) is 4.60. The first-order chi connectivity index (χ1) is 18.9. The van der Waals surface area contributed by atoms with E-state index >= 15 is 0 Å². The minimum atomic E-state index is -0.951. The number of amides is 1. The summed E-state index contributed by atoms with van der Waals surface area (Å²) < 4.78 is 27.1. The van der Waals surface area contributed by atoms with Gasteiger partial charge < -0.3 is 34.1 Å². The number of fused-ring (bicyclic) bond motifs is 1. The maximum Gasteiger partial charge on any atom is 0.309 e. The van der Waals surface area contributed by atoms with Crippen molar-refractivity contribution < 1.29 is 38.4 Å². The van der Waals surface area contributed by atoms with Gasteiger partial charge in [-0.15, -0.1) is 0 Å². The molecule has 2 aliphatic heterocycles. The van der Waals surface area contributed by atoms with Crippen LogP contribution in [-0.2, 0) is 9.59 Å². The maximum atomic E-state index is 13.4. The lowest BCUT2D eigenvalue weighted by atomic mass is 9.82. The first kappa shape index (κ1) is 26.2. The molecule has 3 aromatic rings. The molecule has 0 bridgehead atoms. The van der Waals surface area contributed by atoms with Crippen LogP contribution in [0.25, 0.3) is 0 Å². The number of hydrogen-bond donors (Lipinski definition) is 2. The minimum absolute atomic E-state index is 0.0528. The normalized spacial score (nSPS) is 19.9. The zero-order chi connectivity index (χ0) is 27.5. The molecule has 10 nitrogen and oxygen atoms in total. The van der Waals surface area contributed by atoms with Crippen LogP contribution in [0, 0.1) is 5.92 Å². The van der Waals surface area contributed by atoms with Gasteiger partial charge in [-0.05, 0) is 47.5 Å². The average molecular weight is 535 g/mol. The molecule has 1 fully saturated rings. The molecule has 0 aromatic heterocycles. The molecule has 3 atom stereocenters. The Hall–Kier alpha value is -4.44. The highest BCUT2D eigenvalue weighted by atomic mass is 16.7. The fourth-order valence-corrected chi connectivity index (χ4v) is 5.41. The van der Waals surface area contributed by atoms with Crippen molar-refractivity contribution >= 4 is 17.6 Å².